The second kappa shape index (κ2) is 47.7. The first kappa shape index (κ1) is 91.4. The third-order valence-corrected chi connectivity index (χ3v) is 21.0. The van der Waals surface area contributed by atoms with Crippen LogP contribution in [0.2, 0.25) is 5.02 Å². The minimum atomic E-state index is -0.235. The van der Waals surface area contributed by atoms with Crippen molar-refractivity contribution in [2.45, 2.75) is 114 Å². The highest BCUT2D eigenvalue weighted by atomic mass is 35.5. The molecule has 15 rings (SSSR count). The van der Waals surface area contributed by atoms with Crippen molar-refractivity contribution in [3.05, 3.63) is 321 Å². The van der Waals surface area contributed by atoms with Crippen LogP contribution in [0.3, 0.4) is 0 Å². The third kappa shape index (κ3) is 26.1. The van der Waals surface area contributed by atoms with Gasteiger partial charge in [0, 0.05) is 165 Å². The monoisotopic (exact) mass is 1670 g/mol. The largest absolute Gasteiger partial charge is 0.374 e. The summed E-state index contributed by atoms with van der Waals surface area (Å²) in [5.41, 5.74) is 25.3. The number of benzene rings is 9. The summed E-state index contributed by atoms with van der Waals surface area (Å²) in [6.45, 7) is 26.8. The van der Waals surface area contributed by atoms with Crippen LogP contribution in [0.5, 0.6) is 0 Å². The zero-order chi connectivity index (χ0) is 87.4. The van der Waals surface area contributed by atoms with Gasteiger partial charge in [-0.25, -0.2) is 4.39 Å². The van der Waals surface area contributed by atoms with Crippen LogP contribution in [0.15, 0.2) is 243 Å². The molecule has 0 aliphatic rings. The number of hydrogen-bond donors (Lipinski definition) is 10. The summed E-state index contributed by atoms with van der Waals surface area (Å²) in [6, 6.07) is 80.3. The van der Waals surface area contributed by atoms with E-state index < -0.39 is 0 Å². The molecule has 0 unspecified atom stereocenters. The maximum atomic E-state index is 12.9. The summed E-state index contributed by atoms with van der Waals surface area (Å²) in [7, 11) is 9.82. The van der Waals surface area contributed by atoms with Gasteiger partial charge in [-0.1, -0.05) is 107 Å². The van der Waals surface area contributed by atoms with Crippen LogP contribution in [-0.2, 0) is 65.4 Å². The average Bonchev–Trinajstić information content (AvgIpc) is 1.68. The van der Waals surface area contributed by atoms with Crippen LogP contribution in [0, 0.1) is 78.9 Å². The maximum Gasteiger partial charge on any atom is 0.123 e. The van der Waals surface area contributed by atoms with Gasteiger partial charge in [0.2, 0.25) is 0 Å². The highest BCUT2D eigenvalue weighted by molar-refractivity contribution is 6.30. The number of aryl methyl sites for hydroxylation is 7. The van der Waals surface area contributed by atoms with Crippen LogP contribution in [0.25, 0.3) is 54.5 Å². The molecule has 0 saturated heterocycles. The molecule has 15 aromatic rings. The van der Waals surface area contributed by atoms with Crippen molar-refractivity contribution in [2.75, 3.05) is 94.5 Å². The fraction of sp³-hybridized carbons (Fsp3) is 0.255. The number of fused-ring (bicyclic) bond motifs is 5. The smallest absolute Gasteiger partial charge is 0.123 e. The number of anilines is 5. The number of rotatable bonds is 25. The van der Waals surface area contributed by atoms with Gasteiger partial charge in [-0.15, -0.1) is 0 Å². The Morgan fingerprint density at radius 1 is 0.298 bits per heavy atom. The highest BCUT2D eigenvalue weighted by Crippen LogP contribution is 2.28. The van der Waals surface area contributed by atoms with Crippen molar-refractivity contribution in [3.63, 3.8) is 0 Å². The first-order valence-electron chi connectivity index (χ1n) is 42.7. The molecule has 6 aromatic heterocycles. The molecule has 16 nitrogen and oxygen atoms in total. The van der Waals surface area contributed by atoms with E-state index in [-0.39, 0.29) is 5.82 Å². The molecule has 0 atom stereocenters. The van der Waals surface area contributed by atoms with E-state index in [1.807, 2.05) is 115 Å². The molecule has 634 valence electrons. The Kier molecular flexibility index (Phi) is 35.2. The average molecular weight is 1670 g/mol. The van der Waals surface area contributed by atoms with Crippen LogP contribution in [-0.4, -0.2) is 95.8 Å². The standard InChI is InChI=1S/C22H25N3.C21H22ClN3.C21H22FN3.C21H24N4.C21H23N3/c1-4-25-21(6-5-13-24-20-10-7-17(2)8-11-20)15-19-14-18(16-23-3)9-12-22(19)25;2*1-3-25-20(5-4-12-24-19-9-7-18(22)8-10-19)14-17-13-16(15-23-2)6-11-21(17)25;1-4-25-20(6-5-10-24-19-9-11-23-16(2)12-19)14-18-13-17(15-22-3)7-8-21(18)25;1-3-24-20(10-7-13-23-19-8-5-4-6-9-19)15-18-14-17(16-22-2)11-12-21(18)24/h7-12,14-15,23-24H,4,13,16H2,1-3H3;2*6-11,13-14,23-24H,3,12,15H2,1-2H3;7-9,11-14,22H,4,10,15H2,1-3H3,(H,23,24);4-6,8-9,11-12,14-15,22-23H,3,13,16H2,1-2H3. The molecule has 0 fully saturated rings. The first-order valence-corrected chi connectivity index (χ1v) is 43.1. The molecule has 0 amide bonds. The van der Waals surface area contributed by atoms with Crippen molar-refractivity contribution in [1.82, 2.24) is 54.4 Å². The molecule has 0 radical (unpaired) electrons. The molecule has 0 aliphatic heterocycles. The summed E-state index contributed by atoms with van der Waals surface area (Å²) < 4.78 is 24.2. The highest BCUT2D eigenvalue weighted by Gasteiger charge is 2.13. The van der Waals surface area contributed by atoms with Crippen LogP contribution in [0.4, 0.5) is 32.8 Å². The van der Waals surface area contributed by atoms with E-state index in [1.165, 1.54) is 100 Å². The summed E-state index contributed by atoms with van der Waals surface area (Å²) in [4.78, 5) is 4.20. The molecule has 0 spiro atoms. The summed E-state index contributed by atoms with van der Waals surface area (Å²) >= 11 is 5.89. The van der Waals surface area contributed by atoms with E-state index in [9.17, 15) is 4.39 Å². The molecular formula is C106H116ClFN16. The van der Waals surface area contributed by atoms with E-state index in [4.69, 9.17) is 11.6 Å². The lowest BCUT2D eigenvalue weighted by molar-refractivity contribution is 0.628. The van der Waals surface area contributed by atoms with Crippen molar-refractivity contribution in [2.24, 2.45) is 0 Å². The van der Waals surface area contributed by atoms with Crippen molar-refractivity contribution in [3.8, 4) is 59.2 Å². The van der Waals surface area contributed by atoms with Crippen LogP contribution >= 0.6 is 11.6 Å². The number of para-hydroxylation sites is 1. The minimum Gasteiger partial charge on any atom is -0.374 e. The Hall–Kier alpha value is -13.4. The Morgan fingerprint density at radius 3 is 0.839 bits per heavy atom. The normalized spacial score (nSPS) is 10.5. The Bertz CT molecular complexity index is 5960. The van der Waals surface area contributed by atoms with Gasteiger partial charge in [-0.2, -0.15) is 0 Å². The van der Waals surface area contributed by atoms with Gasteiger partial charge < -0.3 is 76.0 Å². The van der Waals surface area contributed by atoms with Gasteiger partial charge in [0.05, 0.1) is 61.2 Å². The van der Waals surface area contributed by atoms with Crippen LogP contribution in [0.1, 0.15) is 102 Å². The van der Waals surface area contributed by atoms with Gasteiger partial charge in [0.15, 0.2) is 0 Å². The predicted octanol–water partition coefficient (Wildman–Crippen LogP) is 20.0. The lowest BCUT2D eigenvalue weighted by atomic mass is 10.1. The first-order chi connectivity index (χ1) is 60.6. The van der Waals surface area contributed by atoms with E-state index in [0.717, 1.165) is 133 Å². The fourth-order valence-electron chi connectivity index (χ4n) is 14.8. The van der Waals surface area contributed by atoms with Gasteiger partial charge in [-0.3, -0.25) is 4.98 Å². The van der Waals surface area contributed by atoms with Gasteiger partial charge in [0.25, 0.3) is 0 Å². The Balaban J connectivity index is 0.000000151. The second-order valence-electron chi connectivity index (χ2n) is 29.7. The Labute approximate surface area is 737 Å². The summed E-state index contributed by atoms with van der Waals surface area (Å²) in [5, 5.41) is 39.4. The molecule has 124 heavy (non-hydrogen) atoms. The van der Waals surface area contributed by atoms with Crippen molar-refractivity contribution in [1.29, 1.82) is 0 Å². The molecule has 0 saturated carbocycles. The fourth-order valence-corrected chi connectivity index (χ4v) is 14.9. The number of halogens is 2. The SMILES string of the molecule is CCn1c(C#CCNc2ccc(C)cc2)cc2cc(CNC)ccc21.CCn1c(C#CCNc2ccc(Cl)cc2)cc2cc(CNC)ccc21.CCn1c(C#CCNc2ccc(F)cc2)cc2cc(CNC)ccc21.CCn1c(C#CCNc2ccccc2)cc2cc(CNC)ccc21.CCn1c(C#CCNc2ccnc(C)c2)cc2cc(CNC)ccc21. The molecule has 18 heteroatoms. The molecule has 0 bridgehead atoms. The second-order valence-corrected chi connectivity index (χ2v) is 30.1. The van der Waals surface area contributed by atoms with Crippen molar-refractivity contribution < 1.29 is 4.39 Å². The minimum absolute atomic E-state index is 0.235. The lowest BCUT2D eigenvalue weighted by Gasteiger charge is -2.05. The molecule has 9 aromatic carbocycles. The quantitative estimate of drug-likeness (QED) is 0.0248. The Morgan fingerprint density at radius 2 is 0.565 bits per heavy atom. The zero-order valence-electron chi connectivity index (χ0n) is 73.6. The zero-order valence-corrected chi connectivity index (χ0v) is 74.4. The topological polar surface area (TPSA) is 158 Å². The molecular weight excluding hydrogens is 1550 g/mol. The summed E-state index contributed by atoms with van der Waals surface area (Å²) in [5.74, 6) is 32.3. The molecule has 6 heterocycles. The predicted molar refractivity (Wildman–Crippen MR) is 523 cm³/mol. The molecule has 10 N–H and O–H groups in total. The third-order valence-electron chi connectivity index (χ3n) is 20.7. The van der Waals surface area contributed by atoms with E-state index >= 15 is 0 Å². The number of nitrogens with zero attached hydrogens (tertiary/aromatic N) is 6. The van der Waals surface area contributed by atoms with Gasteiger partial charge >= 0.3 is 0 Å². The number of pyridine rings is 1. The van der Waals surface area contributed by atoms with Gasteiger partial charge in [-0.05, 0) is 317 Å². The van der Waals surface area contributed by atoms with E-state index in [0.29, 0.717) is 32.7 Å². The van der Waals surface area contributed by atoms with E-state index in [2.05, 4.69) is 327 Å². The number of nitrogens with one attached hydrogen (secondary N) is 10. The van der Waals surface area contributed by atoms with Gasteiger partial charge in [0.1, 0.15) is 5.82 Å². The maximum absolute atomic E-state index is 12.9. The lowest BCUT2D eigenvalue weighted by Crippen LogP contribution is -2.04. The number of hydrogen-bond acceptors (Lipinski definition) is 11. The van der Waals surface area contributed by atoms with Crippen molar-refractivity contribution >= 4 is 94.6 Å². The van der Waals surface area contributed by atoms with Crippen LogP contribution < -0.4 is 53.2 Å². The number of aromatic nitrogens is 6. The summed E-state index contributed by atoms with van der Waals surface area (Å²) in [6.07, 6.45) is 1.81. The van der Waals surface area contributed by atoms with E-state index in [1.54, 1.807) is 12.1 Å². The molecule has 0 aliphatic carbocycles.